The third-order valence-electron chi connectivity index (χ3n) is 5.32. The number of benzene rings is 1. The van der Waals surface area contributed by atoms with Crippen molar-refractivity contribution in [1.82, 2.24) is 15.0 Å². The van der Waals surface area contributed by atoms with Crippen LogP contribution in [0.1, 0.15) is 35.2 Å². The fourth-order valence-corrected chi connectivity index (χ4v) is 3.66. The average molecular weight is 430 g/mol. The lowest BCUT2D eigenvalue weighted by atomic mass is 10.1. The van der Waals surface area contributed by atoms with Crippen molar-refractivity contribution in [1.29, 1.82) is 0 Å². The van der Waals surface area contributed by atoms with Gasteiger partial charge in [-0.05, 0) is 37.5 Å². The van der Waals surface area contributed by atoms with E-state index in [0.29, 0.717) is 11.9 Å². The van der Waals surface area contributed by atoms with Gasteiger partial charge in [0, 0.05) is 31.3 Å². The van der Waals surface area contributed by atoms with Gasteiger partial charge in [0.25, 0.3) is 5.91 Å². The number of piperidine rings is 1. The number of hydrogen-bond donors (Lipinski definition) is 3. The van der Waals surface area contributed by atoms with Crippen molar-refractivity contribution in [3.63, 3.8) is 0 Å². The Labute approximate surface area is 175 Å². The number of aromatic nitrogens is 2. The van der Waals surface area contributed by atoms with Crippen LogP contribution >= 0.6 is 0 Å². The molecular weight excluding hydrogens is 410 g/mol. The summed E-state index contributed by atoms with van der Waals surface area (Å²) in [4.78, 5) is 31.4. The summed E-state index contributed by atoms with van der Waals surface area (Å²) in [5.74, 6) is -2.73. The highest BCUT2D eigenvalue weighted by molar-refractivity contribution is 6.01. The minimum absolute atomic E-state index is 0.00723. The van der Waals surface area contributed by atoms with E-state index >= 15 is 0 Å². The summed E-state index contributed by atoms with van der Waals surface area (Å²) in [6, 6.07) is 5.98. The molecule has 0 unspecified atom stereocenters. The van der Waals surface area contributed by atoms with Crippen molar-refractivity contribution in [3.8, 4) is 5.75 Å². The highest BCUT2D eigenvalue weighted by Crippen LogP contribution is 2.28. The first kappa shape index (κ1) is 20.6. The molecule has 31 heavy (non-hydrogen) atoms. The molecule has 162 valence electrons. The van der Waals surface area contributed by atoms with Crippen molar-refractivity contribution in [2.75, 3.05) is 18.0 Å². The smallest absolute Gasteiger partial charge is 0.301 e. The number of carbonyl (C=O) groups is 1. The number of anilines is 1. The second-order valence-electron chi connectivity index (χ2n) is 7.35. The van der Waals surface area contributed by atoms with Gasteiger partial charge in [0.05, 0.1) is 5.39 Å². The summed E-state index contributed by atoms with van der Waals surface area (Å²) in [5, 5.41) is 23.2. The zero-order valence-electron chi connectivity index (χ0n) is 16.4. The molecule has 3 aromatic rings. The Hall–Kier alpha value is -3.69. The number of nitrogens with one attached hydrogen (secondary N) is 1. The molecule has 3 N–H and O–H groups in total. The van der Waals surface area contributed by atoms with E-state index in [1.807, 2.05) is 4.90 Å². The molecule has 1 aliphatic heterocycles. The van der Waals surface area contributed by atoms with Crippen LogP contribution in [0.2, 0.25) is 0 Å². The van der Waals surface area contributed by atoms with Gasteiger partial charge in [0.1, 0.15) is 23.2 Å². The Balaban J connectivity index is 1.66. The Bertz CT molecular complexity index is 1220. The van der Waals surface area contributed by atoms with Crippen molar-refractivity contribution in [2.45, 2.75) is 25.8 Å². The minimum Gasteiger partial charge on any atom is -0.506 e. The predicted molar refractivity (Wildman–Crippen MR) is 108 cm³/mol. The van der Waals surface area contributed by atoms with E-state index < -0.39 is 34.4 Å². The topological polar surface area (TPSA) is 108 Å². The van der Waals surface area contributed by atoms with Crippen molar-refractivity contribution in [2.24, 2.45) is 0 Å². The zero-order chi connectivity index (χ0) is 22.1. The van der Waals surface area contributed by atoms with Crippen LogP contribution in [0, 0.1) is 11.6 Å². The third kappa shape index (κ3) is 3.88. The number of aromatic hydroxyl groups is 1. The largest absolute Gasteiger partial charge is 0.506 e. The molecule has 0 atom stereocenters. The Morgan fingerprint density at radius 3 is 2.58 bits per heavy atom. The summed E-state index contributed by atoms with van der Waals surface area (Å²) in [5.41, 5.74) is -2.05. The van der Waals surface area contributed by atoms with E-state index in [9.17, 15) is 28.7 Å². The molecule has 0 saturated carbocycles. The maximum atomic E-state index is 13.8. The van der Waals surface area contributed by atoms with Crippen LogP contribution in [0.15, 0.2) is 35.1 Å². The standard InChI is InChI=1S/C21H20F2N4O4/c22-13-5-4-12(15(23)10-13)11-24-20(29)17-18(28)14-6-7-16(26-8-2-1-3-9-26)25-19(14)27(31)21(17)30/h4-7,10,28,31H,1-3,8-9,11H2,(H,24,29). The summed E-state index contributed by atoms with van der Waals surface area (Å²) in [6.07, 6.45) is 3.13. The molecule has 1 amide bonds. The van der Waals surface area contributed by atoms with Crippen molar-refractivity contribution in [3.05, 3.63) is 63.4 Å². The Kier molecular flexibility index (Phi) is 5.45. The lowest BCUT2D eigenvalue weighted by molar-refractivity contribution is 0.0940. The quantitative estimate of drug-likeness (QED) is 0.549. The first-order valence-electron chi connectivity index (χ1n) is 9.82. The minimum atomic E-state index is -1.16. The Morgan fingerprint density at radius 2 is 1.87 bits per heavy atom. The van der Waals surface area contributed by atoms with Gasteiger partial charge in [-0.25, -0.2) is 13.8 Å². The number of pyridine rings is 2. The SMILES string of the molecule is O=C(NCc1ccc(F)cc1F)c1c(O)c2ccc(N3CCCCC3)nc2n(O)c1=O. The monoisotopic (exact) mass is 430 g/mol. The van der Waals surface area contributed by atoms with E-state index in [-0.39, 0.29) is 27.9 Å². The van der Waals surface area contributed by atoms with Crippen LogP contribution < -0.4 is 15.8 Å². The molecule has 8 nitrogen and oxygen atoms in total. The van der Waals surface area contributed by atoms with E-state index in [2.05, 4.69) is 10.3 Å². The van der Waals surface area contributed by atoms with Gasteiger partial charge in [-0.1, -0.05) is 6.07 Å². The molecule has 0 spiro atoms. The average Bonchev–Trinajstić information content (AvgIpc) is 2.77. The zero-order valence-corrected chi connectivity index (χ0v) is 16.4. The number of amides is 1. The maximum absolute atomic E-state index is 13.8. The second kappa shape index (κ2) is 8.21. The molecule has 1 aromatic carbocycles. The van der Waals surface area contributed by atoms with Crippen LogP contribution in [-0.4, -0.2) is 39.0 Å². The molecule has 0 radical (unpaired) electrons. The lowest BCUT2D eigenvalue weighted by Crippen LogP contribution is -2.33. The molecule has 1 fully saturated rings. The Morgan fingerprint density at radius 1 is 1.13 bits per heavy atom. The van der Waals surface area contributed by atoms with E-state index in [4.69, 9.17) is 0 Å². The van der Waals surface area contributed by atoms with Gasteiger partial charge < -0.3 is 20.5 Å². The van der Waals surface area contributed by atoms with Crippen molar-refractivity contribution < 1.29 is 23.9 Å². The molecule has 1 saturated heterocycles. The first-order chi connectivity index (χ1) is 14.9. The number of carbonyl (C=O) groups excluding carboxylic acids is 1. The summed E-state index contributed by atoms with van der Waals surface area (Å²) >= 11 is 0. The molecule has 0 bridgehead atoms. The molecule has 2 aromatic heterocycles. The molecule has 0 aliphatic carbocycles. The number of fused-ring (bicyclic) bond motifs is 1. The van der Waals surface area contributed by atoms with Gasteiger partial charge in [-0.15, -0.1) is 4.73 Å². The molecule has 4 rings (SSSR count). The van der Waals surface area contributed by atoms with Crippen LogP contribution in [0.3, 0.4) is 0 Å². The number of nitrogens with zero attached hydrogens (tertiary/aromatic N) is 3. The number of rotatable bonds is 4. The molecular formula is C21H20F2N4O4. The van der Waals surface area contributed by atoms with Gasteiger partial charge >= 0.3 is 5.56 Å². The number of halogens is 2. The molecule has 3 heterocycles. The van der Waals surface area contributed by atoms with Crippen molar-refractivity contribution >= 4 is 22.8 Å². The van der Waals surface area contributed by atoms with Crippen LogP contribution in [0.4, 0.5) is 14.6 Å². The maximum Gasteiger partial charge on any atom is 0.301 e. The fraction of sp³-hybridized carbons (Fsp3) is 0.286. The normalized spacial score (nSPS) is 14.1. The lowest BCUT2D eigenvalue weighted by Gasteiger charge is -2.27. The highest BCUT2D eigenvalue weighted by atomic mass is 19.1. The second-order valence-corrected chi connectivity index (χ2v) is 7.35. The van der Waals surface area contributed by atoms with Gasteiger partial charge in [-0.2, -0.15) is 0 Å². The molecule has 10 heteroatoms. The fourth-order valence-electron chi connectivity index (χ4n) is 3.66. The van der Waals surface area contributed by atoms with Gasteiger partial charge in [0.15, 0.2) is 11.2 Å². The van der Waals surface area contributed by atoms with E-state index in [1.165, 1.54) is 6.07 Å². The van der Waals surface area contributed by atoms with Gasteiger partial charge in [0.2, 0.25) is 0 Å². The summed E-state index contributed by atoms with van der Waals surface area (Å²) < 4.78 is 27.0. The van der Waals surface area contributed by atoms with Gasteiger partial charge in [-0.3, -0.25) is 9.59 Å². The third-order valence-corrected chi connectivity index (χ3v) is 5.32. The van der Waals surface area contributed by atoms with E-state index in [1.54, 1.807) is 6.07 Å². The summed E-state index contributed by atoms with van der Waals surface area (Å²) in [7, 11) is 0. The van der Waals surface area contributed by atoms with Crippen LogP contribution in [0.5, 0.6) is 5.75 Å². The van der Waals surface area contributed by atoms with E-state index in [0.717, 1.165) is 44.5 Å². The highest BCUT2D eigenvalue weighted by Gasteiger charge is 2.24. The predicted octanol–water partition coefficient (Wildman–Crippen LogP) is 2.54. The van der Waals surface area contributed by atoms with Crippen LogP contribution in [0.25, 0.3) is 11.0 Å². The summed E-state index contributed by atoms with van der Waals surface area (Å²) in [6.45, 7) is 1.24. The van der Waals surface area contributed by atoms with Crippen LogP contribution in [-0.2, 0) is 6.54 Å². The number of hydrogen-bond acceptors (Lipinski definition) is 6. The first-order valence-corrected chi connectivity index (χ1v) is 9.82. The molecule has 1 aliphatic rings.